The van der Waals surface area contributed by atoms with Crippen LogP contribution in [0.25, 0.3) is 0 Å². The zero-order chi connectivity index (χ0) is 17.6. The molecule has 0 aliphatic heterocycles. The normalized spacial score (nSPS) is 32.5. The highest BCUT2D eigenvalue weighted by atomic mass is 35.5. The van der Waals surface area contributed by atoms with Gasteiger partial charge < -0.3 is 15.4 Å². The van der Waals surface area contributed by atoms with Gasteiger partial charge in [0.2, 0.25) is 0 Å². The molecule has 2 N–H and O–H groups in total. The van der Waals surface area contributed by atoms with Gasteiger partial charge in [-0.2, -0.15) is 0 Å². The van der Waals surface area contributed by atoms with Gasteiger partial charge in [0.05, 0.1) is 0 Å². The van der Waals surface area contributed by atoms with Crippen molar-refractivity contribution in [2.24, 2.45) is 17.8 Å². The molecule has 0 saturated heterocycles. The summed E-state index contributed by atoms with van der Waals surface area (Å²) in [6.45, 7) is 4.07. The summed E-state index contributed by atoms with van der Waals surface area (Å²) in [6.07, 6.45) is 7.59. The number of halogens is 1. The molecule has 0 atom stereocenters. The molecule has 0 aromatic heterocycles. The Kier molecular flexibility index (Phi) is 4.35. The number of ether oxygens (including phenoxy) is 1. The average Bonchev–Trinajstić information content (AvgIpc) is 2.50. The van der Waals surface area contributed by atoms with E-state index >= 15 is 0 Å². The molecule has 0 spiro atoms. The molecule has 4 saturated carbocycles. The number of aryl methyl sites for hydroxylation is 2. The standard InChI is InChI=1S/C20H27ClN2O2/c1-12-3-17(4-13(2)18(12)21)25-11-22-19(24)23-20-8-14-5-15(9-20)7-16(6-14)10-20/h3-4,14-16H,5-11H2,1-2H3,(H2,22,23,24). The highest BCUT2D eigenvalue weighted by Gasteiger charge is 2.51. The molecule has 4 bridgehead atoms. The molecule has 0 heterocycles. The van der Waals surface area contributed by atoms with E-state index in [9.17, 15) is 4.79 Å². The second kappa shape index (κ2) is 6.39. The first-order valence-corrected chi connectivity index (χ1v) is 9.76. The summed E-state index contributed by atoms with van der Waals surface area (Å²) in [4.78, 5) is 12.4. The SMILES string of the molecule is Cc1cc(OCNC(=O)NC23CC4CC(CC(C4)C2)C3)cc(C)c1Cl. The third-order valence-corrected chi connectivity index (χ3v) is 6.89. The molecular formula is C20H27ClN2O2. The summed E-state index contributed by atoms with van der Waals surface area (Å²) in [5.74, 6) is 3.20. The fourth-order valence-electron chi connectivity index (χ4n) is 5.72. The minimum Gasteiger partial charge on any atom is -0.473 e. The van der Waals surface area contributed by atoms with E-state index in [0.717, 1.165) is 58.9 Å². The molecule has 136 valence electrons. The van der Waals surface area contributed by atoms with Crippen LogP contribution in [0.1, 0.15) is 49.7 Å². The van der Waals surface area contributed by atoms with Gasteiger partial charge in [-0.15, -0.1) is 0 Å². The van der Waals surface area contributed by atoms with Gasteiger partial charge in [-0.1, -0.05) is 11.6 Å². The molecule has 5 heteroatoms. The number of carbonyl (C=O) groups is 1. The van der Waals surface area contributed by atoms with Crippen molar-refractivity contribution >= 4 is 17.6 Å². The Morgan fingerprint density at radius 2 is 1.64 bits per heavy atom. The minimum absolute atomic E-state index is 0.0340. The van der Waals surface area contributed by atoms with Crippen LogP contribution in [0.15, 0.2) is 12.1 Å². The van der Waals surface area contributed by atoms with Crippen LogP contribution in [0.5, 0.6) is 5.75 Å². The Morgan fingerprint density at radius 3 is 2.16 bits per heavy atom. The van der Waals surface area contributed by atoms with E-state index in [1.807, 2.05) is 26.0 Å². The molecule has 1 aromatic rings. The molecule has 4 fully saturated rings. The Balaban J connectivity index is 1.30. The molecule has 0 radical (unpaired) electrons. The van der Waals surface area contributed by atoms with Crippen molar-refractivity contribution < 1.29 is 9.53 Å². The Bertz CT molecular complexity index is 630. The van der Waals surface area contributed by atoms with Crippen molar-refractivity contribution in [2.75, 3.05) is 6.73 Å². The lowest BCUT2D eigenvalue weighted by molar-refractivity contribution is -0.0137. The van der Waals surface area contributed by atoms with Gasteiger partial charge in [0, 0.05) is 10.6 Å². The van der Waals surface area contributed by atoms with E-state index in [1.165, 1.54) is 19.3 Å². The van der Waals surface area contributed by atoms with Gasteiger partial charge in [-0.25, -0.2) is 4.79 Å². The number of hydrogen-bond acceptors (Lipinski definition) is 2. The van der Waals surface area contributed by atoms with Gasteiger partial charge in [-0.05, 0) is 93.4 Å². The first-order chi connectivity index (χ1) is 11.9. The summed E-state index contributed by atoms with van der Waals surface area (Å²) >= 11 is 6.17. The molecule has 4 aliphatic carbocycles. The van der Waals surface area contributed by atoms with Crippen LogP contribution in [-0.4, -0.2) is 18.3 Å². The maximum atomic E-state index is 12.4. The third-order valence-electron chi connectivity index (χ3n) is 6.30. The Hall–Kier alpha value is -1.42. The van der Waals surface area contributed by atoms with Crippen LogP contribution in [0, 0.1) is 31.6 Å². The lowest BCUT2D eigenvalue weighted by Gasteiger charge is -2.56. The maximum absolute atomic E-state index is 12.4. The summed E-state index contributed by atoms with van der Waals surface area (Å²) in [5.41, 5.74) is 2.00. The van der Waals surface area contributed by atoms with Gasteiger partial charge in [0.25, 0.3) is 0 Å². The van der Waals surface area contributed by atoms with Crippen molar-refractivity contribution in [1.29, 1.82) is 0 Å². The maximum Gasteiger partial charge on any atom is 0.317 e. The quantitative estimate of drug-likeness (QED) is 0.771. The first-order valence-electron chi connectivity index (χ1n) is 9.38. The first kappa shape index (κ1) is 17.0. The minimum atomic E-state index is -0.107. The molecule has 0 unspecified atom stereocenters. The smallest absolute Gasteiger partial charge is 0.317 e. The second-order valence-corrected chi connectivity index (χ2v) is 8.87. The molecule has 25 heavy (non-hydrogen) atoms. The van der Waals surface area contributed by atoms with Crippen molar-refractivity contribution in [3.8, 4) is 5.75 Å². The summed E-state index contributed by atoms with van der Waals surface area (Å²) in [7, 11) is 0. The van der Waals surface area contributed by atoms with E-state index in [1.54, 1.807) is 0 Å². The zero-order valence-corrected chi connectivity index (χ0v) is 15.8. The number of urea groups is 1. The number of carbonyl (C=O) groups excluding carboxylic acids is 1. The number of amides is 2. The second-order valence-electron chi connectivity index (χ2n) is 8.49. The monoisotopic (exact) mass is 362 g/mol. The highest BCUT2D eigenvalue weighted by Crippen LogP contribution is 2.55. The van der Waals surface area contributed by atoms with Crippen LogP contribution in [-0.2, 0) is 0 Å². The fraction of sp³-hybridized carbons (Fsp3) is 0.650. The Morgan fingerprint density at radius 1 is 1.12 bits per heavy atom. The summed E-state index contributed by atoms with van der Waals surface area (Å²) in [6, 6.07) is 3.69. The van der Waals surface area contributed by atoms with Gasteiger partial charge in [-0.3, -0.25) is 0 Å². The molecule has 2 amide bonds. The van der Waals surface area contributed by atoms with Crippen molar-refractivity contribution in [3.05, 3.63) is 28.3 Å². The van der Waals surface area contributed by atoms with Crippen LogP contribution < -0.4 is 15.4 Å². The number of hydrogen-bond donors (Lipinski definition) is 2. The zero-order valence-electron chi connectivity index (χ0n) is 15.0. The van der Waals surface area contributed by atoms with Gasteiger partial charge >= 0.3 is 6.03 Å². The lowest BCUT2D eigenvalue weighted by atomic mass is 9.53. The van der Waals surface area contributed by atoms with E-state index < -0.39 is 0 Å². The molecule has 4 nitrogen and oxygen atoms in total. The van der Waals surface area contributed by atoms with E-state index in [2.05, 4.69) is 10.6 Å². The van der Waals surface area contributed by atoms with Crippen LogP contribution in [0.4, 0.5) is 4.79 Å². The van der Waals surface area contributed by atoms with Crippen molar-refractivity contribution in [3.63, 3.8) is 0 Å². The molecular weight excluding hydrogens is 336 g/mol. The van der Waals surface area contributed by atoms with E-state index in [4.69, 9.17) is 16.3 Å². The number of benzene rings is 1. The molecule has 4 aliphatic rings. The predicted molar refractivity (Wildman–Crippen MR) is 99.0 cm³/mol. The van der Waals surface area contributed by atoms with Crippen LogP contribution in [0.3, 0.4) is 0 Å². The molecule has 1 aromatic carbocycles. The molecule has 5 rings (SSSR count). The van der Waals surface area contributed by atoms with Crippen molar-refractivity contribution in [2.45, 2.75) is 57.9 Å². The fourth-order valence-corrected chi connectivity index (χ4v) is 5.83. The highest BCUT2D eigenvalue weighted by molar-refractivity contribution is 6.32. The topological polar surface area (TPSA) is 50.4 Å². The van der Waals surface area contributed by atoms with E-state index in [0.29, 0.717) is 0 Å². The van der Waals surface area contributed by atoms with Gasteiger partial charge in [0.15, 0.2) is 6.73 Å². The average molecular weight is 363 g/mol. The summed E-state index contributed by atoms with van der Waals surface area (Å²) in [5, 5.41) is 6.91. The predicted octanol–water partition coefficient (Wildman–Crippen LogP) is 4.56. The number of rotatable bonds is 4. The van der Waals surface area contributed by atoms with Crippen LogP contribution >= 0.6 is 11.6 Å². The largest absolute Gasteiger partial charge is 0.473 e. The van der Waals surface area contributed by atoms with Gasteiger partial charge in [0.1, 0.15) is 5.75 Å². The van der Waals surface area contributed by atoms with Crippen LogP contribution in [0.2, 0.25) is 5.02 Å². The lowest BCUT2D eigenvalue weighted by Crippen LogP contribution is -2.61. The van der Waals surface area contributed by atoms with Crippen molar-refractivity contribution in [1.82, 2.24) is 10.6 Å². The van der Waals surface area contributed by atoms with E-state index in [-0.39, 0.29) is 18.3 Å². The number of nitrogens with one attached hydrogen (secondary N) is 2. The third kappa shape index (κ3) is 3.46. The Labute approximate surface area is 154 Å². The summed E-state index contributed by atoms with van der Waals surface area (Å²) < 4.78 is 5.68.